The molecule has 0 radical (unpaired) electrons. The fourth-order valence-corrected chi connectivity index (χ4v) is 2.49. The minimum Gasteiger partial charge on any atom is -0.356 e. The van der Waals surface area contributed by atoms with Gasteiger partial charge in [0.1, 0.15) is 16.2 Å². The molecule has 2 fully saturated rings. The van der Waals surface area contributed by atoms with Crippen LogP contribution in [0.25, 0.3) is 0 Å². The van der Waals surface area contributed by atoms with Gasteiger partial charge < -0.3 is 4.90 Å². The second-order valence-corrected chi connectivity index (χ2v) is 5.98. The third-order valence-corrected chi connectivity index (χ3v) is 3.93. The van der Waals surface area contributed by atoms with Crippen molar-refractivity contribution in [1.29, 1.82) is 0 Å². The Morgan fingerprint density at radius 1 is 1.29 bits per heavy atom. The maximum absolute atomic E-state index is 4.73. The van der Waals surface area contributed by atoms with Gasteiger partial charge in [-0.2, -0.15) is 0 Å². The number of hydrogen-bond donors (Lipinski definition) is 0. The number of aromatic nitrogens is 2. The van der Waals surface area contributed by atoms with Crippen LogP contribution in [0.15, 0.2) is 10.7 Å². The molecule has 0 bridgehead atoms. The molecule has 0 N–H and O–H groups in total. The van der Waals surface area contributed by atoms with Crippen LogP contribution in [-0.4, -0.2) is 23.1 Å². The van der Waals surface area contributed by atoms with Crippen molar-refractivity contribution in [3.05, 3.63) is 16.5 Å². The average Bonchev–Trinajstić information content (AvgIpc) is 3.16. The molecule has 4 heteroatoms. The summed E-state index contributed by atoms with van der Waals surface area (Å²) < 4.78 is 0.929. The van der Waals surface area contributed by atoms with Crippen LogP contribution in [-0.2, 0) is 0 Å². The molecule has 0 unspecified atom stereocenters. The Balaban J connectivity index is 1.83. The van der Waals surface area contributed by atoms with Crippen LogP contribution in [0.3, 0.4) is 0 Å². The van der Waals surface area contributed by atoms with Gasteiger partial charge in [-0.3, -0.25) is 0 Å². The molecule has 1 aromatic rings. The lowest BCUT2D eigenvalue weighted by molar-refractivity contribution is 0.724. The van der Waals surface area contributed by atoms with Crippen LogP contribution in [0.1, 0.15) is 44.3 Å². The van der Waals surface area contributed by atoms with Gasteiger partial charge >= 0.3 is 0 Å². The predicted molar refractivity (Wildman–Crippen MR) is 72.3 cm³/mol. The number of anilines is 1. The summed E-state index contributed by atoms with van der Waals surface area (Å²) in [5.74, 6) is 3.64. The van der Waals surface area contributed by atoms with Gasteiger partial charge in [0.2, 0.25) is 0 Å². The smallest absolute Gasteiger partial charge is 0.135 e. The summed E-state index contributed by atoms with van der Waals surface area (Å²) >= 11 is 3.51. The van der Waals surface area contributed by atoms with Gasteiger partial charge in [-0.15, -0.1) is 0 Å². The fraction of sp³-hybridized carbons (Fsp3) is 0.692. The van der Waals surface area contributed by atoms with Crippen LogP contribution in [0.5, 0.6) is 0 Å². The molecule has 0 atom stereocenters. The molecule has 2 aliphatic rings. The molecule has 0 saturated heterocycles. The maximum atomic E-state index is 4.73. The predicted octanol–water partition coefficient (Wildman–Crippen LogP) is 3.35. The Morgan fingerprint density at radius 2 is 2.06 bits per heavy atom. The number of rotatable bonds is 5. The monoisotopic (exact) mass is 295 g/mol. The minimum atomic E-state index is 0.617. The second kappa shape index (κ2) is 4.56. The summed E-state index contributed by atoms with van der Waals surface area (Å²) in [5.41, 5.74) is 0. The summed E-state index contributed by atoms with van der Waals surface area (Å²) in [7, 11) is 0. The summed E-state index contributed by atoms with van der Waals surface area (Å²) in [5, 5.41) is 0. The molecule has 1 heterocycles. The van der Waals surface area contributed by atoms with E-state index in [1.54, 1.807) is 0 Å². The molecule has 3 rings (SSSR count). The van der Waals surface area contributed by atoms with Gasteiger partial charge in [-0.25, -0.2) is 9.97 Å². The zero-order valence-corrected chi connectivity index (χ0v) is 11.8. The van der Waals surface area contributed by atoms with E-state index >= 15 is 0 Å². The molecular weight excluding hydrogens is 278 g/mol. The number of halogens is 1. The molecule has 17 heavy (non-hydrogen) atoms. The van der Waals surface area contributed by atoms with Crippen molar-refractivity contribution in [3.63, 3.8) is 0 Å². The topological polar surface area (TPSA) is 29.0 Å². The fourth-order valence-electron chi connectivity index (χ4n) is 2.11. The second-order valence-electron chi connectivity index (χ2n) is 5.16. The summed E-state index contributed by atoms with van der Waals surface area (Å²) in [6.45, 7) is 4.39. The molecule has 2 saturated carbocycles. The quantitative estimate of drug-likeness (QED) is 0.780. The highest BCUT2D eigenvalue weighted by atomic mass is 79.9. The van der Waals surface area contributed by atoms with E-state index in [9.17, 15) is 0 Å². The Morgan fingerprint density at radius 3 is 2.65 bits per heavy atom. The molecule has 92 valence electrons. The zero-order valence-electron chi connectivity index (χ0n) is 10.2. The largest absolute Gasteiger partial charge is 0.356 e. The number of nitrogens with zero attached hydrogens (tertiary/aromatic N) is 3. The lowest BCUT2D eigenvalue weighted by Gasteiger charge is -2.22. The summed E-state index contributed by atoms with van der Waals surface area (Å²) in [6, 6.07) is 2.05. The third kappa shape index (κ3) is 2.79. The van der Waals surface area contributed by atoms with E-state index in [-0.39, 0.29) is 0 Å². The molecule has 2 aliphatic carbocycles. The van der Waals surface area contributed by atoms with Crippen LogP contribution in [0, 0.1) is 5.92 Å². The maximum Gasteiger partial charge on any atom is 0.135 e. The van der Waals surface area contributed by atoms with Crippen molar-refractivity contribution < 1.29 is 0 Å². The average molecular weight is 296 g/mol. The first kappa shape index (κ1) is 11.5. The SMILES string of the molecule is CCN(CC1CC1)c1cc(Br)nc(C2CC2)n1. The molecular formula is C13H18BrN3. The summed E-state index contributed by atoms with van der Waals surface area (Å²) in [4.78, 5) is 11.6. The lowest BCUT2D eigenvalue weighted by atomic mass is 10.3. The third-order valence-electron chi connectivity index (χ3n) is 3.52. The normalized spacial score (nSPS) is 19.4. The van der Waals surface area contributed by atoms with Crippen molar-refractivity contribution >= 4 is 21.7 Å². The van der Waals surface area contributed by atoms with E-state index in [0.29, 0.717) is 5.92 Å². The van der Waals surface area contributed by atoms with Gasteiger partial charge in [-0.1, -0.05) is 0 Å². The van der Waals surface area contributed by atoms with Crippen LogP contribution in [0.4, 0.5) is 5.82 Å². The Bertz CT molecular complexity index is 413. The molecule has 0 amide bonds. The van der Waals surface area contributed by atoms with Crippen molar-refractivity contribution in [2.45, 2.75) is 38.5 Å². The molecule has 0 aliphatic heterocycles. The van der Waals surface area contributed by atoms with Crippen molar-refractivity contribution in [1.82, 2.24) is 9.97 Å². The zero-order chi connectivity index (χ0) is 11.8. The highest BCUT2D eigenvalue weighted by molar-refractivity contribution is 9.10. The molecule has 3 nitrogen and oxygen atoms in total. The van der Waals surface area contributed by atoms with Gasteiger partial charge in [0.15, 0.2) is 0 Å². The Hall–Kier alpha value is -0.640. The van der Waals surface area contributed by atoms with Crippen LogP contribution in [0.2, 0.25) is 0 Å². The summed E-state index contributed by atoms with van der Waals surface area (Å²) in [6.07, 6.45) is 5.28. The molecule has 0 spiro atoms. The van der Waals surface area contributed by atoms with E-state index in [1.165, 1.54) is 25.7 Å². The van der Waals surface area contributed by atoms with Crippen molar-refractivity contribution in [2.75, 3.05) is 18.0 Å². The highest BCUT2D eigenvalue weighted by Crippen LogP contribution is 2.39. The van der Waals surface area contributed by atoms with Crippen LogP contribution < -0.4 is 4.90 Å². The number of hydrogen-bond acceptors (Lipinski definition) is 3. The van der Waals surface area contributed by atoms with Crippen LogP contribution >= 0.6 is 15.9 Å². The van der Waals surface area contributed by atoms with Crippen molar-refractivity contribution in [3.8, 4) is 0 Å². The Kier molecular flexibility index (Phi) is 3.07. The highest BCUT2D eigenvalue weighted by Gasteiger charge is 2.29. The van der Waals surface area contributed by atoms with E-state index in [2.05, 4.69) is 38.8 Å². The van der Waals surface area contributed by atoms with E-state index in [0.717, 1.165) is 35.3 Å². The van der Waals surface area contributed by atoms with Gasteiger partial charge in [0, 0.05) is 25.1 Å². The van der Waals surface area contributed by atoms with E-state index in [1.807, 2.05) is 0 Å². The first-order valence-corrected chi connectivity index (χ1v) is 7.35. The minimum absolute atomic E-state index is 0.617. The van der Waals surface area contributed by atoms with Gasteiger partial charge in [-0.05, 0) is 54.5 Å². The van der Waals surface area contributed by atoms with Gasteiger partial charge in [0.25, 0.3) is 0 Å². The van der Waals surface area contributed by atoms with E-state index < -0.39 is 0 Å². The van der Waals surface area contributed by atoms with Crippen molar-refractivity contribution in [2.24, 2.45) is 5.92 Å². The molecule has 1 aromatic heterocycles. The lowest BCUT2D eigenvalue weighted by Crippen LogP contribution is -2.26. The molecule has 0 aromatic carbocycles. The first-order chi connectivity index (χ1) is 8.26. The van der Waals surface area contributed by atoms with E-state index in [4.69, 9.17) is 4.98 Å². The van der Waals surface area contributed by atoms with Gasteiger partial charge in [0.05, 0.1) is 0 Å². The standard InChI is InChI=1S/C13H18BrN3/c1-2-17(8-9-3-4-9)12-7-11(14)15-13(16-12)10-5-6-10/h7,9-10H,2-6,8H2,1H3. The Labute approximate surface area is 111 Å². The first-order valence-electron chi connectivity index (χ1n) is 6.55.